The number of nitrogens with one attached hydrogen (secondary N) is 1. The molecule has 1 aromatic heterocycles. The van der Waals surface area contributed by atoms with Crippen LogP contribution in [0.1, 0.15) is 5.69 Å². The molecule has 3 nitrogen and oxygen atoms in total. The molecule has 0 aliphatic carbocycles. The van der Waals surface area contributed by atoms with Gasteiger partial charge in [-0.05, 0) is 36.4 Å². The highest BCUT2D eigenvalue weighted by molar-refractivity contribution is 6.38. The third-order valence-corrected chi connectivity index (χ3v) is 3.94. The van der Waals surface area contributed by atoms with E-state index in [0.717, 1.165) is 0 Å². The molecule has 7 heteroatoms. The Hall–Kier alpha value is -2.06. The first-order valence-electron chi connectivity index (χ1n) is 6.40. The average Bonchev–Trinajstić information content (AvgIpc) is 2.51. The number of hydrogen-bond donors (Lipinski definition) is 1. The van der Waals surface area contributed by atoms with Gasteiger partial charge >= 0.3 is 0 Å². The summed E-state index contributed by atoms with van der Waals surface area (Å²) in [5.74, 6) is -0.513. The molecular formula is C16H7Cl3FN3. The highest BCUT2D eigenvalue weighted by Gasteiger charge is 2.11. The molecule has 2 aromatic carbocycles. The minimum Gasteiger partial charge on any atom is -0.355 e. The number of nitrogens with zero attached hydrogens (tertiary/aromatic N) is 2. The second-order valence-electron chi connectivity index (χ2n) is 4.70. The van der Waals surface area contributed by atoms with Gasteiger partial charge in [-0.3, -0.25) is 0 Å². The van der Waals surface area contributed by atoms with E-state index in [9.17, 15) is 4.39 Å². The summed E-state index contributed by atoms with van der Waals surface area (Å²) in [6, 6.07) is 11.0. The molecule has 3 rings (SSSR count). The number of halogens is 4. The molecule has 114 valence electrons. The quantitative estimate of drug-likeness (QED) is 0.609. The molecule has 23 heavy (non-hydrogen) atoms. The Kier molecular flexibility index (Phi) is 4.27. The van der Waals surface area contributed by atoms with Gasteiger partial charge in [-0.1, -0.05) is 34.8 Å². The molecule has 0 amide bonds. The molecule has 1 heterocycles. The Bertz CT molecular complexity index is 967. The van der Waals surface area contributed by atoms with Crippen LogP contribution < -0.4 is 5.32 Å². The van der Waals surface area contributed by atoms with E-state index in [0.29, 0.717) is 32.3 Å². The number of benzene rings is 2. The largest absolute Gasteiger partial charge is 0.355 e. The standard InChI is InChI=1S/C16H7Cl3FN3/c17-8-3-11-15(22-9-1-2-14(20)12(18)5-9)6-10(7-21)23-16(11)13(19)4-8/h1-6H,(H,22,23). The zero-order valence-corrected chi connectivity index (χ0v) is 13.6. The monoisotopic (exact) mass is 365 g/mol. The van der Waals surface area contributed by atoms with E-state index in [-0.39, 0.29) is 10.7 Å². The Labute approximate surface area is 146 Å². The minimum atomic E-state index is -0.513. The van der Waals surface area contributed by atoms with Crippen molar-refractivity contribution in [2.45, 2.75) is 0 Å². The van der Waals surface area contributed by atoms with Gasteiger partial charge in [0.05, 0.1) is 21.2 Å². The Morgan fingerprint density at radius 3 is 2.52 bits per heavy atom. The number of hydrogen-bond acceptors (Lipinski definition) is 3. The van der Waals surface area contributed by atoms with Crippen molar-refractivity contribution < 1.29 is 4.39 Å². The van der Waals surface area contributed by atoms with Crippen LogP contribution in [0.4, 0.5) is 15.8 Å². The van der Waals surface area contributed by atoms with Crippen LogP contribution in [-0.2, 0) is 0 Å². The van der Waals surface area contributed by atoms with Crippen molar-refractivity contribution >= 4 is 57.1 Å². The van der Waals surface area contributed by atoms with Gasteiger partial charge in [0.25, 0.3) is 0 Å². The number of aromatic nitrogens is 1. The second kappa shape index (κ2) is 6.21. The van der Waals surface area contributed by atoms with Crippen molar-refractivity contribution in [1.82, 2.24) is 4.98 Å². The summed E-state index contributed by atoms with van der Waals surface area (Å²) in [6.07, 6.45) is 0. The molecule has 0 aliphatic rings. The van der Waals surface area contributed by atoms with Gasteiger partial charge in [-0.25, -0.2) is 9.37 Å². The molecule has 0 atom stereocenters. The Balaban J connectivity index is 2.19. The lowest BCUT2D eigenvalue weighted by molar-refractivity contribution is 0.628. The second-order valence-corrected chi connectivity index (χ2v) is 5.96. The lowest BCUT2D eigenvalue weighted by atomic mass is 10.1. The van der Waals surface area contributed by atoms with E-state index in [1.54, 1.807) is 18.2 Å². The number of rotatable bonds is 2. The first-order chi connectivity index (χ1) is 11.0. The average molecular weight is 367 g/mol. The topological polar surface area (TPSA) is 48.7 Å². The number of fused-ring (bicyclic) bond motifs is 1. The van der Waals surface area contributed by atoms with E-state index >= 15 is 0 Å². The van der Waals surface area contributed by atoms with Crippen LogP contribution in [0.15, 0.2) is 36.4 Å². The lowest BCUT2D eigenvalue weighted by Crippen LogP contribution is -1.96. The maximum atomic E-state index is 13.3. The molecule has 0 spiro atoms. The molecule has 0 radical (unpaired) electrons. The third kappa shape index (κ3) is 3.18. The lowest BCUT2D eigenvalue weighted by Gasteiger charge is -2.12. The van der Waals surface area contributed by atoms with Crippen molar-refractivity contribution in [3.63, 3.8) is 0 Å². The highest BCUT2D eigenvalue weighted by Crippen LogP contribution is 2.34. The van der Waals surface area contributed by atoms with Crippen LogP contribution in [0.25, 0.3) is 10.9 Å². The zero-order valence-electron chi connectivity index (χ0n) is 11.4. The van der Waals surface area contributed by atoms with Gasteiger partial charge in [0.1, 0.15) is 17.6 Å². The minimum absolute atomic E-state index is 0.00932. The van der Waals surface area contributed by atoms with E-state index in [1.165, 1.54) is 18.2 Å². The van der Waals surface area contributed by atoms with Gasteiger partial charge in [0.15, 0.2) is 0 Å². The van der Waals surface area contributed by atoms with E-state index < -0.39 is 5.82 Å². The maximum Gasteiger partial charge on any atom is 0.143 e. The summed E-state index contributed by atoms with van der Waals surface area (Å²) < 4.78 is 13.3. The highest BCUT2D eigenvalue weighted by atomic mass is 35.5. The fraction of sp³-hybridized carbons (Fsp3) is 0. The van der Waals surface area contributed by atoms with Gasteiger partial charge in [0.2, 0.25) is 0 Å². The first-order valence-corrected chi connectivity index (χ1v) is 7.53. The van der Waals surface area contributed by atoms with Crippen LogP contribution in [0.2, 0.25) is 15.1 Å². The van der Waals surface area contributed by atoms with Gasteiger partial charge in [0, 0.05) is 16.1 Å². The van der Waals surface area contributed by atoms with Crippen molar-refractivity contribution in [2.75, 3.05) is 5.32 Å². The molecular weight excluding hydrogens is 360 g/mol. The van der Waals surface area contributed by atoms with E-state index in [1.807, 2.05) is 6.07 Å². The molecule has 0 fully saturated rings. The zero-order chi connectivity index (χ0) is 16.6. The predicted octanol–water partition coefficient (Wildman–Crippen LogP) is 5.95. The number of pyridine rings is 1. The summed E-state index contributed by atoms with van der Waals surface area (Å²) >= 11 is 18.0. The fourth-order valence-corrected chi connectivity index (χ4v) is 2.86. The first kappa shape index (κ1) is 15.8. The van der Waals surface area contributed by atoms with Crippen LogP contribution in [0.3, 0.4) is 0 Å². The Morgan fingerprint density at radius 2 is 1.83 bits per heavy atom. The Morgan fingerprint density at radius 1 is 1.04 bits per heavy atom. The van der Waals surface area contributed by atoms with Crippen molar-refractivity contribution in [1.29, 1.82) is 5.26 Å². The molecule has 3 aromatic rings. The molecule has 0 aliphatic heterocycles. The van der Waals surface area contributed by atoms with Gasteiger partial charge < -0.3 is 5.32 Å². The SMILES string of the molecule is N#Cc1cc(Nc2ccc(F)c(Cl)c2)c2cc(Cl)cc(Cl)c2n1. The van der Waals surface area contributed by atoms with Crippen molar-refractivity contribution in [3.05, 3.63) is 63.0 Å². The van der Waals surface area contributed by atoms with E-state index in [4.69, 9.17) is 40.1 Å². The fourth-order valence-electron chi connectivity index (χ4n) is 2.14. The van der Waals surface area contributed by atoms with Crippen LogP contribution >= 0.6 is 34.8 Å². The number of nitriles is 1. The van der Waals surface area contributed by atoms with Crippen LogP contribution in [-0.4, -0.2) is 4.98 Å². The van der Waals surface area contributed by atoms with Crippen molar-refractivity contribution in [2.24, 2.45) is 0 Å². The van der Waals surface area contributed by atoms with Crippen molar-refractivity contribution in [3.8, 4) is 6.07 Å². The van der Waals surface area contributed by atoms with E-state index in [2.05, 4.69) is 10.3 Å². The van der Waals surface area contributed by atoms with Crippen LogP contribution in [0.5, 0.6) is 0 Å². The molecule has 0 unspecified atom stereocenters. The normalized spacial score (nSPS) is 10.6. The summed E-state index contributed by atoms with van der Waals surface area (Å²) in [5, 5.41) is 13.6. The summed E-state index contributed by atoms with van der Waals surface area (Å²) in [7, 11) is 0. The summed E-state index contributed by atoms with van der Waals surface area (Å²) in [4.78, 5) is 4.19. The molecule has 1 N–H and O–H groups in total. The van der Waals surface area contributed by atoms with Gasteiger partial charge in [-0.15, -0.1) is 0 Å². The van der Waals surface area contributed by atoms with Gasteiger partial charge in [-0.2, -0.15) is 5.26 Å². The predicted molar refractivity (Wildman–Crippen MR) is 91.2 cm³/mol. The smallest absolute Gasteiger partial charge is 0.143 e. The molecule has 0 saturated carbocycles. The maximum absolute atomic E-state index is 13.3. The molecule has 0 bridgehead atoms. The number of anilines is 2. The van der Waals surface area contributed by atoms with Crippen LogP contribution in [0, 0.1) is 17.1 Å². The third-order valence-electron chi connectivity index (χ3n) is 3.14. The summed E-state index contributed by atoms with van der Waals surface area (Å²) in [5.41, 5.74) is 1.77. The molecule has 0 saturated heterocycles. The summed E-state index contributed by atoms with van der Waals surface area (Å²) in [6.45, 7) is 0.